The molecule has 0 fully saturated rings. The van der Waals surface area contributed by atoms with E-state index in [-0.39, 0.29) is 11.5 Å². The van der Waals surface area contributed by atoms with Gasteiger partial charge < -0.3 is 9.67 Å². The number of pyridine rings is 1. The lowest BCUT2D eigenvalue weighted by molar-refractivity contribution is 0.0981. The summed E-state index contributed by atoms with van der Waals surface area (Å²) in [7, 11) is 0. The van der Waals surface area contributed by atoms with Gasteiger partial charge in [-0.2, -0.15) is 0 Å². The third-order valence-electron chi connectivity index (χ3n) is 4.34. The van der Waals surface area contributed by atoms with Crippen LogP contribution < -0.4 is 0 Å². The molecule has 3 heteroatoms. The van der Waals surface area contributed by atoms with E-state index in [2.05, 4.69) is 48.7 Å². The fourth-order valence-corrected chi connectivity index (χ4v) is 3.20. The number of nitrogens with zero attached hydrogens (tertiary/aromatic N) is 2. The smallest absolute Gasteiger partial charge is 0.0812 e. The van der Waals surface area contributed by atoms with Crippen molar-refractivity contribution in [1.29, 1.82) is 0 Å². The van der Waals surface area contributed by atoms with E-state index in [1.807, 2.05) is 12.4 Å². The van der Waals surface area contributed by atoms with Crippen molar-refractivity contribution in [3.05, 3.63) is 53.1 Å². The third-order valence-corrected chi connectivity index (χ3v) is 4.34. The summed E-state index contributed by atoms with van der Waals surface area (Å²) >= 11 is 0. The predicted octanol–water partition coefficient (Wildman–Crippen LogP) is 3.25. The molecule has 0 spiro atoms. The number of aromatic nitrogens is 2. The molecule has 0 aromatic carbocycles. The zero-order valence-corrected chi connectivity index (χ0v) is 12.4. The number of aliphatic hydroxyl groups excluding tert-OH is 1. The standard InChI is InChI=1S/C17H22N2O/c1-12-10-18-6-4-13(12)11-19-7-5-14-15(19)8-17(2,3)9-16(14)20/h4-7,10,16,20H,8-9,11H2,1-3H3. The predicted molar refractivity (Wildman–Crippen MR) is 79.6 cm³/mol. The summed E-state index contributed by atoms with van der Waals surface area (Å²) in [5.41, 5.74) is 5.05. The highest BCUT2D eigenvalue weighted by atomic mass is 16.3. The summed E-state index contributed by atoms with van der Waals surface area (Å²) in [6, 6.07) is 4.15. The zero-order valence-electron chi connectivity index (χ0n) is 12.4. The minimum Gasteiger partial charge on any atom is -0.388 e. The van der Waals surface area contributed by atoms with Crippen LogP contribution in [-0.2, 0) is 13.0 Å². The maximum Gasteiger partial charge on any atom is 0.0812 e. The lowest BCUT2D eigenvalue weighted by atomic mass is 9.75. The van der Waals surface area contributed by atoms with Crippen LogP contribution in [0.5, 0.6) is 0 Å². The number of hydrogen-bond acceptors (Lipinski definition) is 2. The van der Waals surface area contributed by atoms with Crippen LogP contribution in [0.2, 0.25) is 0 Å². The van der Waals surface area contributed by atoms with Crippen LogP contribution in [0, 0.1) is 12.3 Å². The van der Waals surface area contributed by atoms with Gasteiger partial charge in [0.05, 0.1) is 6.10 Å². The van der Waals surface area contributed by atoms with E-state index in [1.54, 1.807) is 0 Å². The highest BCUT2D eigenvalue weighted by molar-refractivity contribution is 5.31. The normalized spacial score (nSPS) is 20.7. The fraction of sp³-hybridized carbons (Fsp3) is 0.471. The number of aliphatic hydroxyl groups is 1. The molecule has 0 amide bonds. The van der Waals surface area contributed by atoms with Crippen molar-refractivity contribution in [2.45, 2.75) is 46.3 Å². The molecule has 1 aliphatic rings. The van der Waals surface area contributed by atoms with E-state index in [4.69, 9.17) is 0 Å². The van der Waals surface area contributed by atoms with Crippen LogP contribution >= 0.6 is 0 Å². The van der Waals surface area contributed by atoms with Crippen molar-refractivity contribution in [3.8, 4) is 0 Å². The van der Waals surface area contributed by atoms with Crippen molar-refractivity contribution in [2.24, 2.45) is 5.41 Å². The van der Waals surface area contributed by atoms with Gasteiger partial charge in [-0.05, 0) is 48.4 Å². The molecule has 0 radical (unpaired) electrons. The Labute approximate surface area is 120 Å². The molecule has 1 unspecified atom stereocenters. The minimum absolute atomic E-state index is 0.163. The molecule has 0 saturated heterocycles. The highest BCUT2D eigenvalue weighted by Gasteiger charge is 2.33. The SMILES string of the molecule is Cc1cnccc1Cn1ccc2c1CC(C)(C)CC2O. The number of rotatable bonds is 2. The van der Waals surface area contributed by atoms with Gasteiger partial charge in [0.2, 0.25) is 0 Å². The Kier molecular flexibility index (Phi) is 3.17. The first-order chi connectivity index (χ1) is 9.46. The second-order valence-electron chi connectivity index (χ2n) is 6.71. The molecule has 1 atom stereocenters. The Hall–Kier alpha value is -1.61. The Balaban J connectivity index is 1.95. The Morgan fingerprint density at radius 2 is 2.20 bits per heavy atom. The highest BCUT2D eigenvalue weighted by Crippen LogP contribution is 2.41. The average Bonchev–Trinajstić information content (AvgIpc) is 2.74. The fourth-order valence-electron chi connectivity index (χ4n) is 3.20. The molecule has 2 aromatic rings. The first-order valence-electron chi connectivity index (χ1n) is 7.22. The van der Waals surface area contributed by atoms with Gasteiger partial charge >= 0.3 is 0 Å². The minimum atomic E-state index is -0.325. The molecule has 2 heterocycles. The summed E-state index contributed by atoms with van der Waals surface area (Å²) in [5.74, 6) is 0. The largest absolute Gasteiger partial charge is 0.388 e. The van der Waals surface area contributed by atoms with Crippen LogP contribution in [-0.4, -0.2) is 14.7 Å². The second-order valence-corrected chi connectivity index (χ2v) is 6.71. The first-order valence-corrected chi connectivity index (χ1v) is 7.22. The molecule has 0 bridgehead atoms. The van der Waals surface area contributed by atoms with E-state index >= 15 is 0 Å². The molecule has 3 rings (SSSR count). The third kappa shape index (κ3) is 2.38. The summed E-state index contributed by atoms with van der Waals surface area (Å²) in [6.07, 6.45) is 7.40. The molecule has 0 aliphatic heterocycles. The molecule has 20 heavy (non-hydrogen) atoms. The summed E-state index contributed by atoms with van der Waals surface area (Å²) in [4.78, 5) is 4.15. The molecular formula is C17H22N2O. The molecular weight excluding hydrogens is 248 g/mol. The lowest BCUT2D eigenvalue weighted by Gasteiger charge is -2.34. The van der Waals surface area contributed by atoms with Crippen molar-refractivity contribution in [1.82, 2.24) is 9.55 Å². The van der Waals surface area contributed by atoms with E-state index in [0.717, 1.165) is 24.9 Å². The van der Waals surface area contributed by atoms with Crippen molar-refractivity contribution in [3.63, 3.8) is 0 Å². The number of aryl methyl sites for hydroxylation is 1. The van der Waals surface area contributed by atoms with Gasteiger partial charge in [0, 0.05) is 36.4 Å². The Morgan fingerprint density at radius 1 is 1.40 bits per heavy atom. The molecule has 3 nitrogen and oxygen atoms in total. The van der Waals surface area contributed by atoms with Gasteiger partial charge in [-0.1, -0.05) is 13.8 Å². The summed E-state index contributed by atoms with van der Waals surface area (Å²) < 4.78 is 2.28. The number of hydrogen-bond donors (Lipinski definition) is 1. The van der Waals surface area contributed by atoms with Crippen LogP contribution in [0.25, 0.3) is 0 Å². The van der Waals surface area contributed by atoms with Crippen molar-refractivity contribution >= 4 is 0 Å². The van der Waals surface area contributed by atoms with Gasteiger partial charge in [-0.25, -0.2) is 0 Å². The van der Waals surface area contributed by atoms with Crippen molar-refractivity contribution < 1.29 is 5.11 Å². The Bertz CT molecular complexity index is 628. The van der Waals surface area contributed by atoms with Gasteiger partial charge in [0.15, 0.2) is 0 Å². The summed E-state index contributed by atoms with van der Waals surface area (Å²) in [5, 5.41) is 10.3. The first kappa shape index (κ1) is 13.4. The van der Waals surface area contributed by atoms with Gasteiger partial charge in [0.1, 0.15) is 0 Å². The molecule has 1 N–H and O–H groups in total. The molecule has 0 saturated carbocycles. The number of fused-ring (bicyclic) bond motifs is 1. The van der Waals surface area contributed by atoms with Gasteiger partial charge in [0.25, 0.3) is 0 Å². The zero-order chi connectivity index (χ0) is 14.3. The van der Waals surface area contributed by atoms with Crippen LogP contribution in [0.1, 0.15) is 48.8 Å². The Morgan fingerprint density at radius 3 is 2.95 bits per heavy atom. The topological polar surface area (TPSA) is 38.0 Å². The van der Waals surface area contributed by atoms with Gasteiger partial charge in [-0.15, -0.1) is 0 Å². The quantitative estimate of drug-likeness (QED) is 0.909. The van der Waals surface area contributed by atoms with Crippen LogP contribution in [0.4, 0.5) is 0 Å². The monoisotopic (exact) mass is 270 g/mol. The van der Waals surface area contributed by atoms with E-state index in [1.165, 1.54) is 16.8 Å². The van der Waals surface area contributed by atoms with Crippen LogP contribution in [0.3, 0.4) is 0 Å². The second kappa shape index (κ2) is 4.74. The van der Waals surface area contributed by atoms with Gasteiger partial charge in [-0.3, -0.25) is 4.98 Å². The lowest BCUT2D eigenvalue weighted by Crippen LogP contribution is -2.26. The van der Waals surface area contributed by atoms with Crippen LogP contribution in [0.15, 0.2) is 30.7 Å². The summed E-state index contributed by atoms with van der Waals surface area (Å²) in [6.45, 7) is 7.41. The molecule has 2 aromatic heterocycles. The maximum atomic E-state index is 10.3. The van der Waals surface area contributed by atoms with E-state index < -0.39 is 0 Å². The average molecular weight is 270 g/mol. The molecule has 1 aliphatic carbocycles. The van der Waals surface area contributed by atoms with E-state index in [0.29, 0.717) is 0 Å². The molecule has 106 valence electrons. The van der Waals surface area contributed by atoms with E-state index in [9.17, 15) is 5.11 Å². The van der Waals surface area contributed by atoms with Crippen molar-refractivity contribution in [2.75, 3.05) is 0 Å². The maximum absolute atomic E-state index is 10.3.